The Balaban J connectivity index is 1.56. The van der Waals surface area contributed by atoms with Gasteiger partial charge in [-0.05, 0) is 48.5 Å². The van der Waals surface area contributed by atoms with Crippen molar-refractivity contribution in [3.8, 4) is 0 Å². The number of nitrogens with two attached hydrogens (primary N) is 1. The second-order valence-corrected chi connectivity index (χ2v) is 7.84. The molecule has 1 aliphatic rings. The molecule has 10 heteroatoms. The van der Waals surface area contributed by atoms with Crippen LogP contribution in [0.1, 0.15) is 0 Å². The molecule has 2 aromatic carbocycles. The number of carbonyl (C=O) groups is 2. The normalized spacial score (nSPS) is 14.6. The van der Waals surface area contributed by atoms with Crippen LogP contribution in [-0.4, -0.2) is 51.3 Å². The summed E-state index contributed by atoms with van der Waals surface area (Å²) in [7, 11) is -3.83. The molecule has 1 fully saturated rings. The molecule has 2 aromatic rings. The minimum absolute atomic E-state index is 0.0891. The van der Waals surface area contributed by atoms with Crippen molar-refractivity contribution >= 4 is 33.2 Å². The van der Waals surface area contributed by atoms with E-state index in [2.05, 4.69) is 5.32 Å². The predicted octanol–water partition coefficient (Wildman–Crippen LogP) is 0.760. The second-order valence-electron chi connectivity index (χ2n) is 6.28. The third kappa shape index (κ3) is 4.65. The van der Waals surface area contributed by atoms with Gasteiger partial charge in [-0.15, -0.1) is 0 Å². The third-order valence-electron chi connectivity index (χ3n) is 4.39. The van der Waals surface area contributed by atoms with Gasteiger partial charge >= 0.3 is 11.8 Å². The van der Waals surface area contributed by atoms with E-state index in [9.17, 15) is 22.4 Å². The van der Waals surface area contributed by atoms with Gasteiger partial charge in [0.15, 0.2) is 0 Å². The Labute approximate surface area is 161 Å². The van der Waals surface area contributed by atoms with Gasteiger partial charge in [-0.3, -0.25) is 9.59 Å². The van der Waals surface area contributed by atoms with Crippen molar-refractivity contribution in [2.45, 2.75) is 4.90 Å². The fourth-order valence-electron chi connectivity index (χ4n) is 2.88. The zero-order valence-electron chi connectivity index (χ0n) is 14.8. The molecule has 1 aliphatic heterocycles. The highest BCUT2D eigenvalue weighted by Crippen LogP contribution is 2.17. The summed E-state index contributed by atoms with van der Waals surface area (Å²) in [4.78, 5) is 27.9. The van der Waals surface area contributed by atoms with Crippen LogP contribution in [0.4, 0.5) is 15.8 Å². The second kappa shape index (κ2) is 7.95. The SMILES string of the molecule is NS(=O)(=O)c1ccc(NC(=O)C(=O)N2CCN(c3ccc(F)cc3)CC2)cc1. The summed E-state index contributed by atoms with van der Waals surface area (Å²) in [6.45, 7) is 1.75. The van der Waals surface area contributed by atoms with Crippen LogP contribution >= 0.6 is 0 Å². The lowest BCUT2D eigenvalue weighted by molar-refractivity contribution is -0.143. The van der Waals surface area contributed by atoms with E-state index in [0.29, 0.717) is 26.2 Å². The number of halogens is 1. The van der Waals surface area contributed by atoms with Crippen LogP contribution in [0.25, 0.3) is 0 Å². The maximum Gasteiger partial charge on any atom is 0.313 e. The van der Waals surface area contributed by atoms with E-state index in [0.717, 1.165) is 5.69 Å². The van der Waals surface area contributed by atoms with Gasteiger partial charge < -0.3 is 15.1 Å². The number of sulfonamides is 1. The Morgan fingerprint density at radius 1 is 0.929 bits per heavy atom. The molecule has 0 saturated carbocycles. The molecule has 0 unspecified atom stereocenters. The molecule has 3 N–H and O–H groups in total. The lowest BCUT2D eigenvalue weighted by atomic mass is 10.2. The van der Waals surface area contributed by atoms with E-state index >= 15 is 0 Å². The number of benzene rings is 2. The van der Waals surface area contributed by atoms with Gasteiger partial charge in [-0.2, -0.15) is 0 Å². The van der Waals surface area contributed by atoms with Crippen LogP contribution in [0.3, 0.4) is 0 Å². The lowest BCUT2D eigenvalue weighted by Crippen LogP contribution is -2.51. The molecule has 148 valence electrons. The Morgan fingerprint density at radius 3 is 2.04 bits per heavy atom. The van der Waals surface area contributed by atoms with Crippen molar-refractivity contribution in [2.24, 2.45) is 5.14 Å². The Kier molecular flexibility index (Phi) is 5.61. The minimum atomic E-state index is -3.83. The highest BCUT2D eigenvalue weighted by molar-refractivity contribution is 7.89. The van der Waals surface area contributed by atoms with Crippen LogP contribution in [0, 0.1) is 5.82 Å². The first-order valence-corrected chi connectivity index (χ1v) is 10.0. The van der Waals surface area contributed by atoms with Crippen molar-refractivity contribution in [2.75, 3.05) is 36.4 Å². The number of nitrogens with one attached hydrogen (secondary N) is 1. The molecule has 1 saturated heterocycles. The summed E-state index contributed by atoms with van der Waals surface area (Å²) in [6.07, 6.45) is 0. The molecule has 0 spiro atoms. The van der Waals surface area contributed by atoms with E-state index in [1.807, 2.05) is 4.90 Å². The van der Waals surface area contributed by atoms with Gasteiger partial charge in [-0.25, -0.2) is 17.9 Å². The number of amides is 2. The first-order chi connectivity index (χ1) is 13.2. The molecule has 28 heavy (non-hydrogen) atoms. The van der Waals surface area contributed by atoms with Crippen LogP contribution in [-0.2, 0) is 19.6 Å². The van der Waals surface area contributed by atoms with Crippen LogP contribution < -0.4 is 15.4 Å². The topological polar surface area (TPSA) is 113 Å². The lowest BCUT2D eigenvalue weighted by Gasteiger charge is -2.35. The quantitative estimate of drug-likeness (QED) is 0.731. The first-order valence-electron chi connectivity index (χ1n) is 8.48. The number of hydrogen-bond acceptors (Lipinski definition) is 5. The number of anilines is 2. The molecule has 0 aliphatic carbocycles. The van der Waals surface area contributed by atoms with E-state index in [1.54, 1.807) is 12.1 Å². The molecule has 2 amide bonds. The van der Waals surface area contributed by atoms with Crippen molar-refractivity contribution in [3.63, 3.8) is 0 Å². The van der Waals surface area contributed by atoms with Gasteiger partial charge in [-0.1, -0.05) is 0 Å². The van der Waals surface area contributed by atoms with Crippen molar-refractivity contribution in [1.29, 1.82) is 0 Å². The predicted molar refractivity (Wildman–Crippen MR) is 102 cm³/mol. The number of hydrogen-bond donors (Lipinski definition) is 2. The third-order valence-corrected chi connectivity index (χ3v) is 5.32. The minimum Gasteiger partial charge on any atom is -0.368 e. The maximum absolute atomic E-state index is 13.0. The van der Waals surface area contributed by atoms with E-state index in [1.165, 1.54) is 41.3 Å². The largest absolute Gasteiger partial charge is 0.368 e. The molecule has 8 nitrogen and oxygen atoms in total. The average molecular weight is 406 g/mol. The molecule has 0 aromatic heterocycles. The molecule has 3 rings (SSSR count). The molecular weight excluding hydrogens is 387 g/mol. The van der Waals surface area contributed by atoms with Crippen molar-refractivity contribution in [1.82, 2.24) is 4.90 Å². The summed E-state index contributed by atoms with van der Waals surface area (Å²) < 4.78 is 35.5. The highest BCUT2D eigenvalue weighted by Gasteiger charge is 2.26. The van der Waals surface area contributed by atoms with Gasteiger partial charge in [0.2, 0.25) is 10.0 Å². The van der Waals surface area contributed by atoms with E-state index < -0.39 is 21.8 Å². The van der Waals surface area contributed by atoms with Gasteiger partial charge in [0.1, 0.15) is 5.82 Å². The molecule has 0 atom stereocenters. The monoisotopic (exact) mass is 406 g/mol. The Hall–Kier alpha value is -2.98. The number of nitrogens with zero attached hydrogens (tertiary/aromatic N) is 2. The maximum atomic E-state index is 13.0. The smallest absolute Gasteiger partial charge is 0.313 e. The average Bonchev–Trinajstić information content (AvgIpc) is 2.68. The molecular formula is C18H19FN4O4S. The Bertz CT molecular complexity index is 970. The van der Waals surface area contributed by atoms with Crippen molar-refractivity contribution < 1.29 is 22.4 Å². The van der Waals surface area contributed by atoms with E-state index in [-0.39, 0.29) is 16.4 Å². The van der Waals surface area contributed by atoms with Gasteiger partial charge in [0.25, 0.3) is 0 Å². The number of carbonyl (C=O) groups excluding carboxylic acids is 2. The first kappa shape index (κ1) is 19.8. The molecule has 0 radical (unpaired) electrons. The number of primary sulfonamides is 1. The fourth-order valence-corrected chi connectivity index (χ4v) is 3.39. The van der Waals surface area contributed by atoms with Crippen molar-refractivity contribution in [3.05, 3.63) is 54.3 Å². The van der Waals surface area contributed by atoms with Crippen LogP contribution in [0.5, 0.6) is 0 Å². The molecule has 1 heterocycles. The molecule has 0 bridgehead atoms. The van der Waals surface area contributed by atoms with Gasteiger partial charge in [0, 0.05) is 37.6 Å². The number of rotatable bonds is 3. The zero-order valence-corrected chi connectivity index (χ0v) is 15.7. The summed E-state index contributed by atoms with van der Waals surface area (Å²) in [5, 5.41) is 7.46. The fraction of sp³-hybridized carbons (Fsp3) is 0.222. The van der Waals surface area contributed by atoms with Crippen LogP contribution in [0.15, 0.2) is 53.4 Å². The zero-order chi connectivity index (χ0) is 20.3. The summed E-state index contributed by atoms with van der Waals surface area (Å²) in [5.41, 5.74) is 1.14. The van der Waals surface area contributed by atoms with E-state index in [4.69, 9.17) is 5.14 Å². The summed E-state index contributed by atoms with van der Waals surface area (Å²) >= 11 is 0. The van der Waals surface area contributed by atoms with Crippen LogP contribution in [0.2, 0.25) is 0 Å². The highest BCUT2D eigenvalue weighted by atomic mass is 32.2. The summed E-state index contributed by atoms with van der Waals surface area (Å²) in [6, 6.07) is 11.3. The summed E-state index contributed by atoms with van der Waals surface area (Å²) in [5.74, 6) is -1.79. The van der Waals surface area contributed by atoms with Gasteiger partial charge in [0.05, 0.1) is 4.90 Å². The Morgan fingerprint density at radius 2 is 1.50 bits per heavy atom. The standard InChI is InChI=1S/C18H19FN4O4S/c19-13-1-5-15(6-2-13)22-9-11-23(12-10-22)18(25)17(24)21-14-3-7-16(8-4-14)28(20,26)27/h1-8H,9-12H2,(H,21,24)(H2,20,26,27). The number of piperazine rings is 1.